The van der Waals surface area contributed by atoms with Crippen LogP contribution in [0.15, 0.2) is 23.6 Å². The number of hydrogen-bond donors (Lipinski definition) is 1. The topological polar surface area (TPSA) is 57.4 Å². The molecule has 0 fully saturated rings. The van der Waals surface area contributed by atoms with Crippen LogP contribution in [0.25, 0.3) is 0 Å². The highest BCUT2D eigenvalue weighted by Crippen LogP contribution is 2.31. The number of para-hydroxylation sites is 1. The molecule has 0 radical (unpaired) electrons. The number of hydrogen-bond acceptors (Lipinski definition) is 5. The maximum Gasteiger partial charge on any atom is 0.166 e. The number of nitrogens with two attached hydrogens (primary N) is 1. The van der Waals surface area contributed by atoms with Gasteiger partial charge in [0.25, 0.3) is 0 Å². The van der Waals surface area contributed by atoms with Gasteiger partial charge in [-0.1, -0.05) is 19.1 Å². The Bertz CT molecular complexity index is 518. The summed E-state index contributed by atoms with van der Waals surface area (Å²) in [5.74, 6) is 1.41. The number of aromatic nitrogens is 1. The van der Waals surface area contributed by atoms with E-state index < -0.39 is 0 Å². The van der Waals surface area contributed by atoms with Gasteiger partial charge in [0.1, 0.15) is 6.61 Å². The van der Waals surface area contributed by atoms with Gasteiger partial charge < -0.3 is 15.2 Å². The molecule has 0 amide bonds. The summed E-state index contributed by atoms with van der Waals surface area (Å²) < 4.78 is 11.1. The van der Waals surface area contributed by atoms with Gasteiger partial charge in [0.2, 0.25) is 0 Å². The fourth-order valence-electron chi connectivity index (χ4n) is 1.77. The molecule has 5 heteroatoms. The van der Waals surface area contributed by atoms with E-state index in [4.69, 9.17) is 15.2 Å². The van der Waals surface area contributed by atoms with Crippen LogP contribution in [0.2, 0.25) is 0 Å². The molecule has 2 aromatic rings. The van der Waals surface area contributed by atoms with Crippen molar-refractivity contribution in [3.05, 3.63) is 39.8 Å². The Labute approximate surface area is 117 Å². The van der Waals surface area contributed by atoms with Crippen molar-refractivity contribution in [3.63, 3.8) is 0 Å². The Morgan fingerprint density at radius 1 is 1.37 bits per heavy atom. The summed E-state index contributed by atoms with van der Waals surface area (Å²) in [6, 6.07) is 5.72. The van der Waals surface area contributed by atoms with Gasteiger partial charge in [-0.3, -0.25) is 0 Å². The van der Waals surface area contributed by atoms with Crippen LogP contribution in [0.3, 0.4) is 0 Å². The van der Waals surface area contributed by atoms with Crippen molar-refractivity contribution < 1.29 is 9.47 Å². The second-order valence-electron chi connectivity index (χ2n) is 4.03. The molecule has 0 aliphatic carbocycles. The third-order valence-corrected chi connectivity index (χ3v) is 3.81. The zero-order valence-electron chi connectivity index (χ0n) is 11.2. The second kappa shape index (κ2) is 6.54. The van der Waals surface area contributed by atoms with Crippen LogP contribution in [-0.2, 0) is 19.6 Å². The fraction of sp³-hybridized carbons (Fsp3) is 0.357. The van der Waals surface area contributed by atoms with E-state index in [1.165, 1.54) is 0 Å². The molecule has 0 spiro atoms. The van der Waals surface area contributed by atoms with Crippen LogP contribution in [0.1, 0.15) is 23.2 Å². The molecule has 0 bridgehead atoms. The molecule has 2 N–H and O–H groups in total. The summed E-state index contributed by atoms with van der Waals surface area (Å²) >= 11 is 1.66. The molecule has 2 rings (SSSR count). The number of ether oxygens (including phenoxy) is 2. The largest absolute Gasteiger partial charge is 0.493 e. The third kappa shape index (κ3) is 3.24. The molecule has 0 atom stereocenters. The minimum absolute atomic E-state index is 0.420. The Hall–Kier alpha value is -1.59. The number of methoxy groups -OCH3 is 1. The van der Waals surface area contributed by atoms with Crippen molar-refractivity contribution in [1.82, 2.24) is 4.98 Å². The number of rotatable bonds is 6. The first-order valence-corrected chi connectivity index (χ1v) is 7.08. The number of benzene rings is 1. The first-order chi connectivity index (χ1) is 9.28. The summed E-state index contributed by atoms with van der Waals surface area (Å²) in [4.78, 5) is 4.48. The molecule has 1 aromatic heterocycles. The van der Waals surface area contributed by atoms with Crippen LogP contribution in [0.4, 0.5) is 0 Å². The second-order valence-corrected chi connectivity index (χ2v) is 4.97. The third-order valence-electron chi connectivity index (χ3n) is 2.77. The predicted molar refractivity (Wildman–Crippen MR) is 76.7 cm³/mol. The van der Waals surface area contributed by atoms with Crippen molar-refractivity contribution in [3.8, 4) is 11.5 Å². The van der Waals surface area contributed by atoms with E-state index in [-0.39, 0.29) is 0 Å². The highest BCUT2D eigenvalue weighted by Gasteiger charge is 2.10. The molecule has 102 valence electrons. The summed E-state index contributed by atoms with van der Waals surface area (Å²) in [6.07, 6.45) is 0.952. The Morgan fingerprint density at radius 2 is 2.21 bits per heavy atom. The Morgan fingerprint density at radius 3 is 2.84 bits per heavy atom. The molecule has 4 nitrogen and oxygen atoms in total. The normalized spacial score (nSPS) is 10.5. The summed E-state index contributed by atoms with van der Waals surface area (Å²) in [6.45, 7) is 2.95. The maximum atomic E-state index is 5.83. The lowest BCUT2D eigenvalue weighted by Gasteiger charge is -2.13. The summed E-state index contributed by atoms with van der Waals surface area (Å²) in [7, 11) is 1.63. The summed E-state index contributed by atoms with van der Waals surface area (Å²) in [5, 5.41) is 3.15. The molecule has 1 aromatic carbocycles. The van der Waals surface area contributed by atoms with Crippen LogP contribution >= 0.6 is 11.3 Å². The highest BCUT2D eigenvalue weighted by atomic mass is 32.1. The van der Waals surface area contributed by atoms with Crippen molar-refractivity contribution in [2.24, 2.45) is 5.73 Å². The van der Waals surface area contributed by atoms with Crippen LogP contribution in [0.5, 0.6) is 11.5 Å². The standard InChI is InChI=1S/C14H18N2O2S/c1-3-13-16-11(9-19-13)8-18-14-10(7-15)5-4-6-12(14)17-2/h4-6,9H,3,7-8,15H2,1-2H3. The lowest BCUT2D eigenvalue weighted by atomic mass is 10.2. The first kappa shape index (κ1) is 13.8. The van der Waals surface area contributed by atoms with Gasteiger partial charge in [-0.2, -0.15) is 0 Å². The highest BCUT2D eigenvalue weighted by molar-refractivity contribution is 7.09. The van der Waals surface area contributed by atoms with E-state index in [0.29, 0.717) is 24.7 Å². The molecule has 19 heavy (non-hydrogen) atoms. The molecular formula is C14H18N2O2S. The monoisotopic (exact) mass is 278 g/mol. The fourth-order valence-corrected chi connectivity index (χ4v) is 2.50. The molecule has 0 saturated carbocycles. The van der Waals surface area contributed by atoms with Gasteiger partial charge in [-0.15, -0.1) is 11.3 Å². The zero-order valence-corrected chi connectivity index (χ0v) is 12.0. The predicted octanol–water partition coefficient (Wildman–Crippen LogP) is 2.75. The molecule has 0 saturated heterocycles. The van der Waals surface area contributed by atoms with Crippen molar-refractivity contribution >= 4 is 11.3 Å². The molecule has 1 heterocycles. The van der Waals surface area contributed by atoms with E-state index in [1.807, 2.05) is 23.6 Å². The quantitative estimate of drug-likeness (QED) is 0.882. The minimum Gasteiger partial charge on any atom is -0.493 e. The molecule has 0 aliphatic heterocycles. The molecule has 0 aliphatic rings. The van der Waals surface area contributed by atoms with E-state index in [1.54, 1.807) is 18.4 Å². The van der Waals surface area contributed by atoms with Crippen molar-refractivity contribution in [2.75, 3.05) is 7.11 Å². The van der Waals surface area contributed by atoms with E-state index in [0.717, 1.165) is 22.7 Å². The number of aryl methyl sites for hydroxylation is 1. The van der Waals surface area contributed by atoms with Gasteiger partial charge in [0.15, 0.2) is 11.5 Å². The number of nitrogens with zero attached hydrogens (tertiary/aromatic N) is 1. The molecular weight excluding hydrogens is 260 g/mol. The molecule has 0 unspecified atom stereocenters. The smallest absolute Gasteiger partial charge is 0.166 e. The Kier molecular flexibility index (Phi) is 4.76. The van der Waals surface area contributed by atoms with Crippen LogP contribution in [-0.4, -0.2) is 12.1 Å². The summed E-state index contributed by atoms with van der Waals surface area (Å²) in [5.41, 5.74) is 7.60. The van der Waals surface area contributed by atoms with E-state index in [9.17, 15) is 0 Å². The van der Waals surface area contributed by atoms with Gasteiger partial charge in [0.05, 0.1) is 17.8 Å². The minimum atomic E-state index is 0.420. The Balaban J connectivity index is 2.13. The van der Waals surface area contributed by atoms with E-state index in [2.05, 4.69) is 11.9 Å². The number of thiazole rings is 1. The van der Waals surface area contributed by atoms with Gasteiger partial charge in [0, 0.05) is 17.5 Å². The van der Waals surface area contributed by atoms with Gasteiger partial charge in [-0.05, 0) is 12.5 Å². The lowest BCUT2D eigenvalue weighted by Crippen LogP contribution is -2.04. The first-order valence-electron chi connectivity index (χ1n) is 6.20. The zero-order chi connectivity index (χ0) is 13.7. The van der Waals surface area contributed by atoms with Crippen molar-refractivity contribution in [1.29, 1.82) is 0 Å². The van der Waals surface area contributed by atoms with Crippen LogP contribution < -0.4 is 15.2 Å². The van der Waals surface area contributed by atoms with Gasteiger partial charge >= 0.3 is 0 Å². The van der Waals surface area contributed by atoms with Crippen molar-refractivity contribution in [2.45, 2.75) is 26.5 Å². The average Bonchev–Trinajstić information content (AvgIpc) is 2.92. The SMILES string of the molecule is CCc1nc(COc2c(CN)cccc2OC)cs1. The average molecular weight is 278 g/mol. The lowest BCUT2D eigenvalue weighted by molar-refractivity contribution is 0.278. The van der Waals surface area contributed by atoms with Gasteiger partial charge in [-0.25, -0.2) is 4.98 Å². The van der Waals surface area contributed by atoms with Crippen LogP contribution in [0, 0.1) is 0 Å². The maximum absolute atomic E-state index is 5.83. The van der Waals surface area contributed by atoms with E-state index >= 15 is 0 Å².